The fourth-order valence-electron chi connectivity index (χ4n) is 1.90. The summed E-state index contributed by atoms with van der Waals surface area (Å²) in [6.45, 7) is 1.95. The van der Waals surface area contributed by atoms with Crippen LogP contribution in [0.25, 0.3) is 0 Å². The highest BCUT2D eigenvalue weighted by molar-refractivity contribution is 14.1. The maximum absolute atomic E-state index is 11.9. The molecule has 24 heavy (non-hydrogen) atoms. The predicted octanol–water partition coefficient (Wildman–Crippen LogP) is 5.29. The van der Waals surface area contributed by atoms with Crippen LogP contribution in [-0.2, 0) is 0 Å². The number of benzene rings is 2. The third-order valence-corrected chi connectivity index (χ3v) is 5.30. The second kappa shape index (κ2) is 8.82. The zero-order valence-electron chi connectivity index (χ0n) is 12.9. The van der Waals surface area contributed by atoms with E-state index in [9.17, 15) is 4.79 Å². The van der Waals surface area contributed by atoms with E-state index in [2.05, 4.69) is 70.3 Å². The Morgan fingerprint density at radius 3 is 2.62 bits per heavy atom. The van der Waals surface area contributed by atoms with Crippen LogP contribution in [0.4, 0.5) is 10.5 Å². The lowest BCUT2D eigenvalue weighted by molar-refractivity contribution is 0.252. The molecule has 0 bridgehead atoms. The highest BCUT2D eigenvalue weighted by atomic mass is 127. The van der Waals surface area contributed by atoms with Crippen LogP contribution in [0.15, 0.2) is 44.4 Å². The first-order valence-electron chi connectivity index (χ1n) is 6.80. The molecule has 0 heterocycles. The molecule has 0 aliphatic heterocycles. The van der Waals surface area contributed by atoms with E-state index in [0.717, 1.165) is 29.4 Å². The largest absolute Gasteiger partial charge is 0.494 e. The number of nitrogens with one attached hydrogen (secondary N) is 2. The molecule has 2 amide bonds. The van der Waals surface area contributed by atoms with Crippen molar-refractivity contribution in [1.82, 2.24) is 5.43 Å². The van der Waals surface area contributed by atoms with Crippen molar-refractivity contribution in [3.05, 3.63) is 54.0 Å². The minimum Gasteiger partial charge on any atom is -0.494 e. The van der Waals surface area contributed by atoms with E-state index in [1.54, 1.807) is 13.3 Å². The van der Waals surface area contributed by atoms with Crippen molar-refractivity contribution in [3.8, 4) is 5.75 Å². The summed E-state index contributed by atoms with van der Waals surface area (Å²) in [4.78, 5) is 11.9. The minimum atomic E-state index is -0.407. The molecule has 0 unspecified atom stereocenters. The Morgan fingerprint density at radius 2 is 2.00 bits per heavy atom. The van der Waals surface area contributed by atoms with Gasteiger partial charge in [-0.15, -0.1) is 0 Å². The number of hydrogen-bond donors (Lipinski definition) is 2. The Balaban J connectivity index is 1.98. The van der Waals surface area contributed by atoms with Crippen LogP contribution in [0, 0.1) is 10.5 Å². The number of carbonyl (C=O) groups is 1. The number of hydrazone groups is 1. The molecule has 126 valence electrons. The molecule has 0 saturated carbocycles. The Labute approximate surface area is 170 Å². The van der Waals surface area contributed by atoms with Gasteiger partial charge >= 0.3 is 6.03 Å². The molecule has 2 aromatic carbocycles. The zero-order valence-corrected chi connectivity index (χ0v) is 18.2. The first-order valence-corrected chi connectivity index (χ1v) is 9.46. The van der Waals surface area contributed by atoms with Crippen molar-refractivity contribution in [2.24, 2.45) is 5.10 Å². The summed E-state index contributed by atoms with van der Waals surface area (Å²) < 4.78 is 8.04. The summed E-state index contributed by atoms with van der Waals surface area (Å²) in [5, 5.41) is 6.68. The van der Waals surface area contributed by atoms with Gasteiger partial charge in [0.15, 0.2) is 0 Å². The molecule has 2 rings (SSSR count). The van der Waals surface area contributed by atoms with Gasteiger partial charge in [0.25, 0.3) is 0 Å². The molecule has 0 radical (unpaired) electrons. The number of nitrogens with zero attached hydrogens (tertiary/aromatic N) is 1. The lowest BCUT2D eigenvalue weighted by Gasteiger charge is -2.07. The highest BCUT2D eigenvalue weighted by Gasteiger charge is 2.07. The maximum Gasteiger partial charge on any atom is 0.339 e. The Kier molecular flexibility index (Phi) is 7.05. The van der Waals surface area contributed by atoms with Crippen LogP contribution in [0.1, 0.15) is 11.1 Å². The number of methoxy groups -OCH3 is 1. The Hall–Kier alpha value is -1.13. The highest BCUT2D eigenvalue weighted by Crippen LogP contribution is 2.31. The van der Waals surface area contributed by atoms with E-state index < -0.39 is 6.03 Å². The summed E-state index contributed by atoms with van der Waals surface area (Å²) in [5.41, 5.74) is 5.01. The van der Waals surface area contributed by atoms with Gasteiger partial charge in [-0.1, -0.05) is 15.9 Å². The van der Waals surface area contributed by atoms with Crippen LogP contribution in [0.3, 0.4) is 0 Å². The normalized spacial score (nSPS) is 10.7. The number of amides is 2. The van der Waals surface area contributed by atoms with E-state index in [-0.39, 0.29) is 0 Å². The van der Waals surface area contributed by atoms with Crippen LogP contribution in [-0.4, -0.2) is 19.4 Å². The second-order valence-corrected chi connectivity index (χ2v) is 7.68. The zero-order chi connectivity index (χ0) is 17.7. The van der Waals surface area contributed by atoms with E-state index in [0.29, 0.717) is 5.69 Å². The summed E-state index contributed by atoms with van der Waals surface area (Å²) in [5.74, 6) is 0.768. The standard InChI is InChI=1S/C16H14Br2IN3O2/c1-9-5-11(3-4-12(9)17)21-16(23)22-20-8-10-6-13(18)15(24-2)14(19)7-10/h3-8H,1-2H3,(H2,21,22,23)/b20-8+. The number of urea groups is 1. The first-order chi connectivity index (χ1) is 11.4. The van der Waals surface area contributed by atoms with Gasteiger partial charge < -0.3 is 10.1 Å². The summed E-state index contributed by atoms with van der Waals surface area (Å²) in [6, 6.07) is 8.92. The van der Waals surface area contributed by atoms with E-state index >= 15 is 0 Å². The maximum atomic E-state index is 11.9. The first kappa shape index (κ1) is 19.2. The van der Waals surface area contributed by atoms with Crippen molar-refractivity contribution in [2.45, 2.75) is 6.92 Å². The fourth-order valence-corrected chi connectivity index (χ4v) is 4.02. The molecule has 0 spiro atoms. The number of carbonyl (C=O) groups excluding carboxylic acids is 1. The second-order valence-electron chi connectivity index (χ2n) is 4.81. The number of halogens is 3. The molecule has 2 aromatic rings. The molecule has 0 aliphatic rings. The molecule has 0 aromatic heterocycles. The van der Waals surface area contributed by atoms with Crippen molar-refractivity contribution in [2.75, 3.05) is 12.4 Å². The number of aryl methyl sites for hydroxylation is 1. The molecule has 8 heteroatoms. The number of ether oxygens (including phenoxy) is 1. The monoisotopic (exact) mass is 565 g/mol. The van der Waals surface area contributed by atoms with Crippen LogP contribution in [0.5, 0.6) is 5.75 Å². The van der Waals surface area contributed by atoms with Gasteiger partial charge in [0, 0.05) is 10.2 Å². The average Bonchev–Trinajstić information content (AvgIpc) is 2.51. The smallest absolute Gasteiger partial charge is 0.339 e. The van der Waals surface area contributed by atoms with E-state index in [1.165, 1.54) is 0 Å². The molecule has 5 nitrogen and oxygen atoms in total. The van der Waals surface area contributed by atoms with Gasteiger partial charge in [-0.05, 0) is 86.9 Å². The van der Waals surface area contributed by atoms with E-state index in [1.807, 2.05) is 37.3 Å². The molecule has 0 atom stereocenters. The minimum absolute atomic E-state index is 0.407. The van der Waals surface area contributed by atoms with Crippen molar-refractivity contribution in [3.63, 3.8) is 0 Å². The van der Waals surface area contributed by atoms with E-state index in [4.69, 9.17) is 4.74 Å². The van der Waals surface area contributed by atoms with Crippen molar-refractivity contribution >= 4 is 72.4 Å². The molecular formula is C16H14Br2IN3O2. The Morgan fingerprint density at radius 1 is 1.25 bits per heavy atom. The number of rotatable bonds is 4. The summed E-state index contributed by atoms with van der Waals surface area (Å²) >= 11 is 9.04. The van der Waals surface area contributed by atoms with Crippen LogP contribution in [0.2, 0.25) is 0 Å². The lowest BCUT2D eigenvalue weighted by atomic mass is 10.2. The third-order valence-electron chi connectivity index (χ3n) is 3.02. The van der Waals surface area contributed by atoms with Gasteiger partial charge in [0.1, 0.15) is 5.75 Å². The Bertz CT molecular complexity index is 774. The van der Waals surface area contributed by atoms with Gasteiger partial charge in [0.2, 0.25) is 0 Å². The summed E-state index contributed by atoms with van der Waals surface area (Å²) in [6.07, 6.45) is 1.57. The lowest BCUT2D eigenvalue weighted by Crippen LogP contribution is -2.24. The van der Waals surface area contributed by atoms with Gasteiger partial charge in [-0.3, -0.25) is 0 Å². The molecular weight excluding hydrogens is 553 g/mol. The topological polar surface area (TPSA) is 62.7 Å². The van der Waals surface area contributed by atoms with Crippen LogP contribution < -0.4 is 15.5 Å². The molecule has 2 N–H and O–H groups in total. The SMILES string of the molecule is COc1c(Br)cc(/C=N/NC(=O)Nc2ccc(Br)c(C)c2)cc1I. The molecule has 0 saturated heterocycles. The van der Waals surface area contributed by atoms with Crippen molar-refractivity contribution in [1.29, 1.82) is 0 Å². The van der Waals surface area contributed by atoms with Gasteiger partial charge in [0.05, 0.1) is 21.4 Å². The quantitative estimate of drug-likeness (QED) is 0.300. The number of hydrogen-bond acceptors (Lipinski definition) is 3. The van der Waals surface area contributed by atoms with Gasteiger partial charge in [-0.2, -0.15) is 5.10 Å². The summed E-state index contributed by atoms with van der Waals surface area (Å²) in [7, 11) is 1.62. The van der Waals surface area contributed by atoms with Crippen LogP contribution >= 0.6 is 54.5 Å². The number of anilines is 1. The van der Waals surface area contributed by atoms with Gasteiger partial charge in [-0.25, -0.2) is 10.2 Å². The third kappa shape index (κ3) is 5.18. The predicted molar refractivity (Wildman–Crippen MR) is 112 cm³/mol. The average molecular weight is 567 g/mol. The molecule has 0 aliphatic carbocycles. The fraction of sp³-hybridized carbons (Fsp3) is 0.125. The van der Waals surface area contributed by atoms with Crippen molar-refractivity contribution < 1.29 is 9.53 Å². The molecule has 0 fully saturated rings.